The number of benzene rings is 1. The molecule has 0 radical (unpaired) electrons. The highest BCUT2D eigenvalue weighted by Gasteiger charge is 2.26. The minimum absolute atomic E-state index is 0.198. The Morgan fingerprint density at radius 2 is 2.27 bits per heavy atom. The van der Waals surface area contributed by atoms with E-state index in [1.54, 1.807) is 19.1 Å². The number of aliphatic carboxylic acids is 1. The summed E-state index contributed by atoms with van der Waals surface area (Å²) in [5.74, 6) is -0.136. The van der Waals surface area contributed by atoms with Gasteiger partial charge in [-0.3, -0.25) is 0 Å². The first kappa shape index (κ1) is 9.83. The standard InChI is InChI=1S/C11H12O4/c1-6-4-8(12)5-7-2-3-9(11(13)14)15-10(6)7/h4-5,9,12H,2-3H2,1H3,(H,13,14). The Hall–Kier alpha value is -1.71. The molecule has 0 bridgehead atoms. The molecule has 0 aromatic heterocycles. The second kappa shape index (κ2) is 3.46. The maximum absolute atomic E-state index is 10.8. The molecule has 0 aliphatic carbocycles. The zero-order valence-electron chi connectivity index (χ0n) is 8.36. The first-order chi connectivity index (χ1) is 7.08. The summed E-state index contributed by atoms with van der Waals surface area (Å²) in [6, 6.07) is 3.20. The summed E-state index contributed by atoms with van der Waals surface area (Å²) < 4.78 is 5.37. The van der Waals surface area contributed by atoms with Gasteiger partial charge in [0, 0.05) is 0 Å². The number of rotatable bonds is 1. The van der Waals surface area contributed by atoms with Crippen molar-refractivity contribution in [2.45, 2.75) is 25.9 Å². The smallest absolute Gasteiger partial charge is 0.344 e. The summed E-state index contributed by atoms with van der Waals surface area (Å²) in [7, 11) is 0. The molecule has 2 rings (SSSR count). The minimum atomic E-state index is -0.937. The van der Waals surface area contributed by atoms with Gasteiger partial charge in [-0.1, -0.05) is 0 Å². The topological polar surface area (TPSA) is 66.8 Å². The molecule has 1 aliphatic heterocycles. The summed E-state index contributed by atoms with van der Waals surface area (Å²) >= 11 is 0. The van der Waals surface area contributed by atoms with Crippen molar-refractivity contribution in [1.82, 2.24) is 0 Å². The number of hydrogen-bond acceptors (Lipinski definition) is 3. The lowest BCUT2D eigenvalue weighted by Crippen LogP contribution is -2.31. The third-order valence-electron chi connectivity index (χ3n) is 2.55. The molecule has 1 unspecified atom stereocenters. The van der Waals surface area contributed by atoms with E-state index in [4.69, 9.17) is 9.84 Å². The first-order valence-electron chi connectivity index (χ1n) is 4.80. The summed E-state index contributed by atoms with van der Waals surface area (Å²) in [6.07, 6.45) is 0.313. The van der Waals surface area contributed by atoms with Gasteiger partial charge in [0.05, 0.1) is 0 Å². The molecule has 2 N–H and O–H groups in total. The van der Waals surface area contributed by atoms with Gasteiger partial charge in [0.1, 0.15) is 11.5 Å². The highest BCUT2D eigenvalue weighted by Crippen LogP contribution is 2.34. The van der Waals surface area contributed by atoms with E-state index in [1.165, 1.54) is 0 Å². The van der Waals surface area contributed by atoms with Crippen LogP contribution in [-0.2, 0) is 11.2 Å². The van der Waals surface area contributed by atoms with Crippen LogP contribution in [0.2, 0.25) is 0 Å². The molecular weight excluding hydrogens is 196 g/mol. The third-order valence-corrected chi connectivity index (χ3v) is 2.55. The minimum Gasteiger partial charge on any atom is -0.508 e. The van der Waals surface area contributed by atoms with Crippen LogP contribution in [0.3, 0.4) is 0 Å². The van der Waals surface area contributed by atoms with Crippen molar-refractivity contribution in [1.29, 1.82) is 0 Å². The fourth-order valence-electron chi connectivity index (χ4n) is 1.84. The van der Waals surface area contributed by atoms with Crippen LogP contribution >= 0.6 is 0 Å². The number of phenolic OH excluding ortho intramolecular Hbond substituents is 1. The molecule has 0 spiro atoms. The van der Waals surface area contributed by atoms with Crippen molar-refractivity contribution in [2.75, 3.05) is 0 Å². The molecular formula is C11H12O4. The predicted molar refractivity (Wildman–Crippen MR) is 53.2 cm³/mol. The summed E-state index contributed by atoms with van der Waals surface area (Å²) in [5, 5.41) is 18.2. The molecule has 0 saturated carbocycles. The van der Waals surface area contributed by atoms with Crippen LogP contribution in [0.4, 0.5) is 0 Å². The van der Waals surface area contributed by atoms with Crippen molar-refractivity contribution >= 4 is 5.97 Å². The fourth-order valence-corrected chi connectivity index (χ4v) is 1.84. The number of ether oxygens (including phenoxy) is 1. The number of carboxylic acid groups (broad SMARTS) is 1. The lowest BCUT2D eigenvalue weighted by Gasteiger charge is -2.24. The molecule has 15 heavy (non-hydrogen) atoms. The van der Waals surface area contributed by atoms with Gasteiger partial charge in [0.25, 0.3) is 0 Å². The number of aromatic hydroxyl groups is 1. The Morgan fingerprint density at radius 3 is 2.93 bits per heavy atom. The average Bonchev–Trinajstić information content (AvgIpc) is 2.16. The zero-order valence-corrected chi connectivity index (χ0v) is 8.36. The van der Waals surface area contributed by atoms with E-state index in [1.807, 2.05) is 0 Å². The van der Waals surface area contributed by atoms with Crippen LogP contribution in [0.1, 0.15) is 17.5 Å². The predicted octanol–water partition coefficient (Wildman–Crippen LogP) is 1.48. The monoisotopic (exact) mass is 208 g/mol. The fraction of sp³-hybridized carbons (Fsp3) is 0.364. The molecule has 0 amide bonds. The average molecular weight is 208 g/mol. The van der Waals surface area contributed by atoms with Crippen molar-refractivity contribution in [3.8, 4) is 11.5 Å². The maximum atomic E-state index is 10.8. The maximum Gasteiger partial charge on any atom is 0.344 e. The van der Waals surface area contributed by atoms with E-state index in [0.29, 0.717) is 18.6 Å². The molecule has 1 atom stereocenters. The lowest BCUT2D eigenvalue weighted by atomic mass is 9.99. The van der Waals surface area contributed by atoms with Crippen LogP contribution in [0.15, 0.2) is 12.1 Å². The molecule has 1 heterocycles. The van der Waals surface area contributed by atoms with Crippen LogP contribution in [0.25, 0.3) is 0 Å². The molecule has 4 nitrogen and oxygen atoms in total. The van der Waals surface area contributed by atoms with Crippen LogP contribution in [0, 0.1) is 6.92 Å². The summed E-state index contributed by atoms with van der Waals surface area (Å²) in [4.78, 5) is 10.8. The normalized spacial score (nSPS) is 19.1. The largest absolute Gasteiger partial charge is 0.508 e. The van der Waals surface area contributed by atoms with Gasteiger partial charge in [0.15, 0.2) is 6.10 Å². The van der Waals surface area contributed by atoms with Crippen LogP contribution in [-0.4, -0.2) is 22.3 Å². The van der Waals surface area contributed by atoms with Crippen molar-refractivity contribution in [2.24, 2.45) is 0 Å². The molecule has 1 aliphatic rings. The molecule has 0 saturated heterocycles. The lowest BCUT2D eigenvalue weighted by molar-refractivity contribution is -0.145. The first-order valence-corrected chi connectivity index (χ1v) is 4.80. The van der Waals surface area contributed by atoms with Crippen LogP contribution < -0.4 is 4.74 Å². The zero-order chi connectivity index (χ0) is 11.0. The van der Waals surface area contributed by atoms with Gasteiger partial charge in [-0.25, -0.2) is 4.79 Å². The Balaban J connectivity index is 2.37. The van der Waals surface area contributed by atoms with E-state index in [0.717, 1.165) is 11.1 Å². The van der Waals surface area contributed by atoms with Crippen molar-refractivity contribution in [3.05, 3.63) is 23.3 Å². The van der Waals surface area contributed by atoms with E-state index in [2.05, 4.69) is 0 Å². The summed E-state index contributed by atoms with van der Waals surface area (Å²) in [6.45, 7) is 1.79. The summed E-state index contributed by atoms with van der Waals surface area (Å²) in [5.41, 5.74) is 1.65. The van der Waals surface area contributed by atoms with E-state index in [-0.39, 0.29) is 5.75 Å². The van der Waals surface area contributed by atoms with Gasteiger partial charge in [0.2, 0.25) is 0 Å². The third kappa shape index (κ3) is 1.75. The number of carbonyl (C=O) groups is 1. The van der Waals surface area contributed by atoms with Gasteiger partial charge in [-0.15, -0.1) is 0 Å². The van der Waals surface area contributed by atoms with Gasteiger partial charge in [-0.05, 0) is 43.0 Å². The quantitative estimate of drug-likeness (QED) is 0.733. The van der Waals surface area contributed by atoms with Gasteiger partial charge < -0.3 is 14.9 Å². The number of fused-ring (bicyclic) bond motifs is 1. The highest BCUT2D eigenvalue weighted by molar-refractivity contribution is 5.73. The second-order valence-electron chi connectivity index (χ2n) is 3.73. The van der Waals surface area contributed by atoms with Crippen molar-refractivity contribution in [3.63, 3.8) is 0 Å². The molecule has 80 valence electrons. The van der Waals surface area contributed by atoms with Crippen LogP contribution in [0.5, 0.6) is 11.5 Å². The molecule has 0 fully saturated rings. The Morgan fingerprint density at radius 1 is 1.53 bits per heavy atom. The number of aryl methyl sites for hydroxylation is 2. The molecule has 1 aromatic carbocycles. The van der Waals surface area contributed by atoms with E-state index >= 15 is 0 Å². The number of carboxylic acids is 1. The molecule has 4 heteroatoms. The van der Waals surface area contributed by atoms with Gasteiger partial charge in [-0.2, -0.15) is 0 Å². The van der Waals surface area contributed by atoms with Gasteiger partial charge >= 0.3 is 5.97 Å². The van der Waals surface area contributed by atoms with E-state index < -0.39 is 12.1 Å². The number of phenols is 1. The Labute approximate surface area is 87.1 Å². The second-order valence-corrected chi connectivity index (χ2v) is 3.73. The molecule has 1 aromatic rings. The van der Waals surface area contributed by atoms with Crippen molar-refractivity contribution < 1.29 is 19.7 Å². The Bertz CT molecular complexity index is 411. The highest BCUT2D eigenvalue weighted by atomic mass is 16.5. The Kier molecular flexibility index (Phi) is 2.26. The van der Waals surface area contributed by atoms with E-state index in [9.17, 15) is 9.90 Å². The SMILES string of the molecule is Cc1cc(O)cc2c1OC(C(=O)O)CC2. The number of hydrogen-bond donors (Lipinski definition) is 2.